The van der Waals surface area contributed by atoms with Crippen LogP contribution in [0.1, 0.15) is 0 Å². The minimum atomic E-state index is -0.845. The number of hydrogen-bond donors (Lipinski definition) is 3. The summed E-state index contributed by atoms with van der Waals surface area (Å²) in [6, 6.07) is 7.87. The lowest BCUT2D eigenvalue weighted by atomic mass is 9.94. The summed E-state index contributed by atoms with van der Waals surface area (Å²) in [6.45, 7) is -0.715. The summed E-state index contributed by atoms with van der Waals surface area (Å²) < 4.78 is 2.00. The Bertz CT molecular complexity index is 469. The van der Waals surface area contributed by atoms with Gasteiger partial charge in [-0.15, -0.1) is 11.3 Å². The molecular formula is C12H15NO3S2. The van der Waals surface area contributed by atoms with Crippen LogP contribution in [0, 0.1) is 5.41 Å². The summed E-state index contributed by atoms with van der Waals surface area (Å²) >= 11 is 3.03. The maximum atomic E-state index is 9.24. The molecule has 0 aliphatic heterocycles. The zero-order valence-electron chi connectivity index (χ0n) is 9.74. The number of thiazole rings is 1. The van der Waals surface area contributed by atoms with Crippen molar-refractivity contribution < 1.29 is 15.3 Å². The molecule has 4 nitrogen and oxygen atoms in total. The van der Waals surface area contributed by atoms with Gasteiger partial charge in [0.05, 0.1) is 30.0 Å². The summed E-state index contributed by atoms with van der Waals surface area (Å²) in [4.78, 5) is 4.46. The van der Waals surface area contributed by atoms with Crippen molar-refractivity contribution in [3.63, 3.8) is 0 Å². The Hall–Kier alpha value is -0.660. The Morgan fingerprint density at radius 3 is 2.39 bits per heavy atom. The highest BCUT2D eigenvalue weighted by Gasteiger charge is 2.28. The van der Waals surface area contributed by atoms with Crippen LogP contribution in [0.25, 0.3) is 10.2 Å². The Labute approximate surface area is 113 Å². The minimum absolute atomic E-state index is 0.238. The highest BCUT2D eigenvalue weighted by Crippen LogP contribution is 2.33. The molecule has 2 rings (SSSR count). The molecule has 1 aromatic carbocycles. The van der Waals surface area contributed by atoms with E-state index in [9.17, 15) is 15.3 Å². The first-order valence-corrected chi connectivity index (χ1v) is 7.34. The van der Waals surface area contributed by atoms with Crippen molar-refractivity contribution in [3.05, 3.63) is 24.3 Å². The van der Waals surface area contributed by atoms with Gasteiger partial charge in [0.15, 0.2) is 4.34 Å². The van der Waals surface area contributed by atoms with E-state index in [1.165, 1.54) is 11.8 Å². The molecule has 2 aromatic rings. The van der Waals surface area contributed by atoms with E-state index in [4.69, 9.17) is 0 Å². The van der Waals surface area contributed by atoms with Crippen LogP contribution in [-0.2, 0) is 0 Å². The van der Waals surface area contributed by atoms with E-state index >= 15 is 0 Å². The maximum Gasteiger partial charge on any atom is 0.151 e. The summed E-state index contributed by atoms with van der Waals surface area (Å²) in [5.74, 6) is 0.441. The van der Waals surface area contributed by atoms with Crippen LogP contribution in [-0.4, -0.2) is 45.9 Å². The fourth-order valence-electron chi connectivity index (χ4n) is 1.41. The lowest BCUT2D eigenvalue weighted by molar-refractivity contribution is 0.0237. The van der Waals surface area contributed by atoms with E-state index in [1.807, 2.05) is 24.3 Å². The number of nitrogens with zero attached hydrogens (tertiary/aromatic N) is 1. The lowest BCUT2D eigenvalue weighted by Crippen LogP contribution is -2.36. The zero-order valence-corrected chi connectivity index (χ0v) is 11.4. The van der Waals surface area contributed by atoms with Crippen molar-refractivity contribution in [2.75, 3.05) is 25.6 Å². The third-order valence-corrected chi connectivity index (χ3v) is 5.31. The first-order valence-electron chi connectivity index (χ1n) is 5.54. The summed E-state index contributed by atoms with van der Waals surface area (Å²) in [7, 11) is 0. The van der Waals surface area contributed by atoms with Crippen LogP contribution in [0.5, 0.6) is 0 Å². The van der Waals surface area contributed by atoms with Gasteiger partial charge in [-0.05, 0) is 12.1 Å². The highest BCUT2D eigenvalue weighted by molar-refractivity contribution is 8.01. The Morgan fingerprint density at radius 2 is 1.78 bits per heavy atom. The van der Waals surface area contributed by atoms with Crippen molar-refractivity contribution in [1.29, 1.82) is 0 Å². The minimum Gasteiger partial charge on any atom is -0.396 e. The number of rotatable bonds is 6. The van der Waals surface area contributed by atoms with Gasteiger partial charge in [-0.1, -0.05) is 23.9 Å². The molecular weight excluding hydrogens is 270 g/mol. The fraction of sp³-hybridized carbons (Fsp3) is 0.417. The number of hydrogen-bond acceptors (Lipinski definition) is 6. The Morgan fingerprint density at radius 1 is 1.11 bits per heavy atom. The second kappa shape index (κ2) is 5.99. The molecule has 0 unspecified atom stereocenters. The van der Waals surface area contributed by atoms with Gasteiger partial charge in [-0.25, -0.2) is 4.98 Å². The number of thioether (sulfide) groups is 1. The number of aliphatic hydroxyl groups excluding tert-OH is 3. The van der Waals surface area contributed by atoms with Gasteiger partial charge >= 0.3 is 0 Å². The number of fused-ring (bicyclic) bond motifs is 1. The SMILES string of the molecule is OCC(CO)(CO)CSc1nc2ccccc2s1. The monoisotopic (exact) mass is 285 g/mol. The van der Waals surface area contributed by atoms with E-state index in [1.54, 1.807) is 11.3 Å². The van der Waals surface area contributed by atoms with E-state index < -0.39 is 5.41 Å². The molecule has 0 saturated heterocycles. The molecule has 0 atom stereocenters. The molecule has 0 bridgehead atoms. The van der Waals surface area contributed by atoms with Crippen LogP contribution >= 0.6 is 23.1 Å². The summed E-state index contributed by atoms with van der Waals surface area (Å²) in [5.41, 5.74) is 0.107. The first kappa shape index (κ1) is 13.8. The van der Waals surface area contributed by atoms with Crippen molar-refractivity contribution in [3.8, 4) is 0 Å². The molecule has 0 saturated carbocycles. The van der Waals surface area contributed by atoms with Crippen molar-refractivity contribution in [2.45, 2.75) is 4.34 Å². The van der Waals surface area contributed by atoms with Gasteiger partial charge in [0, 0.05) is 11.2 Å². The van der Waals surface area contributed by atoms with E-state index in [0.717, 1.165) is 14.6 Å². The fourth-order valence-corrected chi connectivity index (χ4v) is 3.66. The van der Waals surface area contributed by atoms with Gasteiger partial charge in [-0.3, -0.25) is 0 Å². The van der Waals surface area contributed by atoms with Crippen molar-refractivity contribution in [1.82, 2.24) is 4.98 Å². The molecule has 1 heterocycles. The second-order valence-corrected chi connectivity index (χ2v) is 6.46. The molecule has 0 amide bonds. The van der Waals surface area contributed by atoms with Crippen molar-refractivity contribution in [2.24, 2.45) is 5.41 Å². The molecule has 6 heteroatoms. The molecule has 0 aliphatic carbocycles. The Kier molecular flexibility index (Phi) is 4.58. The molecule has 3 N–H and O–H groups in total. The van der Waals surface area contributed by atoms with Crippen LogP contribution < -0.4 is 0 Å². The van der Waals surface area contributed by atoms with E-state index in [2.05, 4.69) is 4.98 Å². The quantitative estimate of drug-likeness (QED) is 0.699. The third kappa shape index (κ3) is 2.84. The van der Waals surface area contributed by atoms with Crippen LogP contribution in [0.4, 0.5) is 0 Å². The molecule has 0 radical (unpaired) electrons. The average Bonchev–Trinajstić information content (AvgIpc) is 2.84. The van der Waals surface area contributed by atoms with Crippen LogP contribution in [0.15, 0.2) is 28.6 Å². The van der Waals surface area contributed by atoms with Gasteiger partial charge in [0.2, 0.25) is 0 Å². The second-order valence-electron chi connectivity index (χ2n) is 4.21. The number of benzene rings is 1. The third-order valence-electron chi connectivity index (χ3n) is 2.78. The topological polar surface area (TPSA) is 73.6 Å². The molecule has 98 valence electrons. The first-order chi connectivity index (χ1) is 8.73. The standard InChI is InChI=1S/C12H15NO3S2/c14-5-12(6-15,7-16)8-17-11-13-9-3-1-2-4-10(9)18-11/h1-4,14-16H,5-8H2. The number of para-hydroxylation sites is 1. The normalized spacial score (nSPS) is 12.2. The maximum absolute atomic E-state index is 9.24. The van der Waals surface area contributed by atoms with Gasteiger partial charge in [0.25, 0.3) is 0 Å². The van der Waals surface area contributed by atoms with Gasteiger partial charge in [0.1, 0.15) is 0 Å². The zero-order chi connectivity index (χ0) is 13.0. The van der Waals surface area contributed by atoms with Crippen LogP contribution in [0.3, 0.4) is 0 Å². The summed E-state index contributed by atoms with van der Waals surface area (Å²) in [6.07, 6.45) is 0. The predicted molar refractivity (Wildman–Crippen MR) is 74.0 cm³/mol. The predicted octanol–water partition coefficient (Wildman–Crippen LogP) is 1.35. The average molecular weight is 285 g/mol. The summed E-state index contributed by atoms with van der Waals surface area (Å²) in [5, 5.41) is 27.7. The van der Waals surface area contributed by atoms with Gasteiger partial charge < -0.3 is 15.3 Å². The highest BCUT2D eigenvalue weighted by atomic mass is 32.2. The lowest BCUT2D eigenvalue weighted by Gasteiger charge is -2.25. The van der Waals surface area contributed by atoms with Crippen LogP contribution in [0.2, 0.25) is 0 Å². The van der Waals surface area contributed by atoms with Gasteiger partial charge in [-0.2, -0.15) is 0 Å². The van der Waals surface area contributed by atoms with E-state index in [-0.39, 0.29) is 19.8 Å². The van der Waals surface area contributed by atoms with Crippen molar-refractivity contribution >= 4 is 33.3 Å². The van der Waals surface area contributed by atoms with E-state index in [0.29, 0.717) is 5.75 Å². The molecule has 1 aromatic heterocycles. The molecule has 0 fully saturated rings. The molecule has 0 spiro atoms. The largest absolute Gasteiger partial charge is 0.396 e. The molecule has 0 aliphatic rings. The Balaban J connectivity index is 2.09. The molecule has 18 heavy (non-hydrogen) atoms. The number of aromatic nitrogens is 1. The smallest absolute Gasteiger partial charge is 0.151 e. The number of aliphatic hydroxyl groups is 3.